The van der Waals surface area contributed by atoms with Crippen molar-refractivity contribution >= 4 is 28.8 Å². The molecule has 1 aromatic carbocycles. The highest BCUT2D eigenvalue weighted by molar-refractivity contribution is 7.13. The third kappa shape index (κ3) is 5.15. The van der Waals surface area contributed by atoms with E-state index in [1.165, 1.54) is 11.3 Å². The molecule has 2 heterocycles. The third-order valence-electron chi connectivity index (χ3n) is 5.14. The van der Waals surface area contributed by atoms with E-state index in [0.29, 0.717) is 43.3 Å². The van der Waals surface area contributed by atoms with Gasteiger partial charge in [-0.1, -0.05) is 26.0 Å². The number of thiazole rings is 1. The molecule has 0 bridgehead atoms. The zero-order chi connectivity index (χ0) is 21.0. The summed E-state index contributed by atoms with van der Waals surface area (Å²) in [5.41, 5.74) is 1.49. The molecular formula is C22H29N3O3S. The number of amides is 2. The van der Waals surface area contributed by atoms with E-state index >= 15 is 0 Å². The van der Waals surface area contributed by atoms with E-state index in [1.807, 2.05) is 36.1 Å². The molecule has 156 valence electrons. The Morgan fingerprint density at radius 3 is 2.62 bits per heavy atom. The van der Waals surface area contributed by atoms with Crippen LogP contribution >= 0.6 is 11.3 Å². The van der Waals surface area contributed by atoms with Crippen molar-refractivity contribution in [2.75, 3.05) is 25.5 Å². The van der Waals surface area contributed by atoms with Crippen LogP contribution in [0.1, 0.15) is 47.1 Å². The Kier molecular flexibility index (Phi) is 6.90. The fraction of sp³-hybridized carbons (Fsp3) is 0.500. The summed E-state index contributed by atoms with van der Waals surface area (Å²) < 4.78 is 5.30. The second-order valence-electron chi connectivity index (χ2n) is 7.88. The number of aryl methyl sites for hydroxylation is 1. The summed E-state index contributed by atoms with van der Waals surface area (Å²) in [5, 5.41) is 3.98. The molecule has 2 amide bonds. The van der Waals surface area contributed by atoms with Crippen molar-refractivity contribution in [2.45, 2.75) is 40.0 Å². The lowest BCUT2D eigenvalue weighted by molar-refractivity contribution is -0.121. The Labute approximate surface area is 176 Å². The van der Waals surface area contributed by atoms with E-state index in [0.717, 1.165) is 22.0 Å². The Morgan fingerprint density at radius 2 is 1.97 bits per heavy atom. The normalized spacial score (nSPS) is 14.9. The molecule has 29 heavy (non-hydrogen) atoms. The van der Waals surface area contributed by atoms with Gasteiger partial charge in [-0.15, -0.1) is 11.3 Å². The molecule has 1 saturated heterocycles. The summed E-state index contributed by atoms with van der Waals surface area (Å²) in [6, 6.07) is 7.38. The van der Waals surface area contributed by atoms with Crippen molar-refractivity contribution in [1.82, 2.24) is 9.88 Å². The van der Waals surface area contributed by atoms with Crippen molar-refractivity contribution in [3.05, 3.63) is 39.8 Å². The lowest BCUT2D eigenvalue weighted by atomic mass is 9.95. The van der Waals surface area contributed by atoms with Gasteiger partial charge in [0.25, 0.3) is 5.91 Å². The summed E-state index contributed by atoms with van der Waals surface area (Å²) in [6.07, 6.45) is 2.21. The monoisotopic (exact) mass is 415 g/mol. The number of anilines is 1. The number of nitrogens with zero attached hydrogens (tertiary/aromatic N) is 2. The molecule has 0 unspecified atom stereocenters. The molecule has 7 heteroatoms. The highest BCUT2D eigenvalue weighted by atomic mass is 32.1. The molecule has 6 nitrogen and oxygen atoms in total. The van der Waals surface area contributed by atoms with Crippen LogP contribution in [0.2, 0.25) is 0 Å². The Balaban J connectivity index is 1.58. The smallest absolute Gasteiger partial charge is 0.265 e. The lowest BCUT2D eigenvalue weighted by Crippen LogP contribution is -2.41. The fourth-order valence-electron chi connectivity index (χ4n) is 3.56. The molecule has 2 aromatic rings. The molecular weight excluding hydrogens is 386 g/mol. The average molecular weight is 416 g/mol. The van der Waals surface area contributed by atoms with Crippen molar-refractivity contribution in [1.29, 1.82) is 0 Å². The average Bonchev–Trinajstić information content (AvgIpc) is 3.07. The molecule has 0 radical (unpaired) electrons. The maximum atomic E-state index is 12.9. The van der Waals surface area contributed by atoms with Gasteiger partial charge in [0.15, 0.2) is 0 Å². The van der Waals surface area contributed by atoms with Crippen LogP contribution in [-0.4, -0.2) is 41.9 Å². The van der Waals surface area contributed by atoms with Crippen molar-refractivity contribution in [3.8, 4) is 5.75 Å². The minimum absolute atomic E-state index is 0.0187. The summed E-state index contributed by atoms with van der Waals surface area (Å²) in [7, 11) is 1.59. The molecule has 0 atom stereocenters. The Bertz CT molecular complexity index is 870. The van der Waals surface area contributed by atoms with Gasteiger partial charge >= 0.3 is 0 Å². The SMILES string of the molecule is COc1ccccc1NC(=O)C1CCN(C(=O)c2sc(CC(C)C)nc2C)CC1. The van der Waals surface area contributed by atoms with Gasteiger partial charge in [0.2, 0.25) is 5.91 Å². The van der Waals surface area contributed by atoms with Crippen LogP contribution in [-0.2, 0) is 11.2 Å². The first-order valence-electron chi connectivity index (χ1n) is 10.1. The van der Waals surface area contributed by atoms with Crippen molar-refractivity contribution in [2.24, 2.45) is 11.8 Å². The van der Waals surface area contributed by atoms with E-state index in [4.69, 9.17) is 4.74 Å². The molecule has 0 saturated carbocycles. The minimum Gasteiger partial charge on any atom is -0.495 e. The zero-order valence-corrected chi connectivity index (χ0v) is 18.3. The molecule has 3 rings (SSSR count). The first-order valence-corrected chi connectivity index (χ1v) is 10.9. The van der Waals surface area contributed by atoms with Crippen LogP contribution in [0.3, 0.4) is 0 Å². The first-order chi connectivity index (χ1) is 13.9. The topological polar surface area (TPSA) is 71.5 Å². The second kappa shape index (κ2) is 9.39. The molecule has 0 aliphatic carbocycles. The molecule has 1 fully saturated rings. The quantitative estimate of drug-likeness (QED) is 0.769. The van der Waals surface area contributed by atoms with E-state index < -0.39 is 0 Å². The Morgan fingerprint density at radius 1 is 1.28 bits per heavy atom. The van der Waals surface area contributed by atoms with Crippen LogP contribution in [0, 0.1) is 18.8 Å². The van der Waals surface area contributed by atoms with E-state index in [1.54, 1.807) is 7.11 Å². The van der Waals surface area contributed by atoms with E-state index in [9.17, 15) is 9.59 Å². The first kappa shape index (κ1) is 21.3. The van der Waals surface area contributed by atoms with Crippen LogP contribution < -0.4 is 10.1 Å². The van der Waals surface area contributed by atoms with Crippen LogP contribution in [0.4, 0.5) is 5.69 Å². The number of para-hydroxylation sites is 2. The number of hydrogen-bond acceptors (Lipinski definition) is 5. The number of aromatic nitrogens is 1. The van der Waals surface area contributed by atoms with Crippen LogP contribution in [0.5, 0.6) is 5.75 Å². The van der Waals surface area contributed by atoms with Crippen molar-refractivity contribution in [3.63, 3.8) is 0 Å². The van der Waals surface area contributed by atoms with Gasteiger partial charge < -0.3 is 15.0 Å². The van der Waals surface area contributed by atoms with Gasteiger partial charge in [0.1, 0.15) is 10.6 Å². The van der Waals surface area contributed by atoms with Gasteiger partial charge in [-0.3, -0.25) is 9.59 Å². The van der Waals surface area contributed by atoms with Gasteiger partial charge in [0.05, 0.1) is 23.5 Å². The molecule has 1 N–H and O–H groups in total. The zero-order valence-electron chi connectivity index (χ0n) is 17.5. The summed E-state index contributed by atoms with van der Waals surface area (Å²) in [6.45, 7) is 7.37. The number of rotatable bonds is 6. The maximum absolute atomic E-state index is 12.9. The van der Waals surface area contributed by atoms with Gasteiger partial charge in [-0.25, -0.2) is 4.98 Å². The molecule has 1 aliphatic heterocycles. The maximum Gasteiger partial charge on any atom is 0.265 e. The number of piperidine rings is 1. The van der Waals surface area contributed by atoms with Crippen LogP contribution in [0.25, 0.3) is 0 Å². The van der Waals surface area contributed by atoms with E-state index in [-0.39, 0.29) is 17.7 Å². The fourth-order valence-corrected chi connectivity index (χ4v) is 4.80. The number of carbonyl (C=O) groups is 2. The minimum atomic E-state index is -0.108. The second-order valence-corrected chi connectivity index (χ2v) is 8.96. The van der Waals surface area contributed by atoms with Gasteiger partial charge in [-0.05, 0) is 37.8 Å². The third-order valence-corrected chi connectivity index (χ3v) is 6.30. The number of carbonyl (C=O) groups excluding carboxylic acids is 2. The summed E-state index contributed by atoms with van der Waals surface area (Å²) in [5.74, 6) is 1.07. The number of likely N-dealkylation sites (tertiary alicyclic amines) is 1. The number of ether oxygens (including phenoxy) is 1. The number of hydrogen-bond donors (Lipinski definition) is 1. The predicted octanol–water partition coefficient (Wildman–Crippen LogP) is 4.15. The summed E-state index contributed by atoms with van der Waals surface area (Å²) >= 11 is 1.51. The molecule has 1 aromatic heterocycles. The highest BCUT2D eigenvalue weighted by Crippen LogP contribution is 2.28. The van der Waals surface area contributed by atoms with Crippen molar-refractivity contribution < 1.29 is 14.3 Å². The largest absolute Gasteiger partial charge is 0.495 e. The number of methoxy groups -OCH3 is 1. The standard InChI is InChI=1S/C22H29N3O3S/c1-14(2)13-19-23-15(3)20(29-19)22(27)25-11-9-16(10-12-25)21(26)24-17-7-5-6-8-18(17)28-4/h5-8,14,16H,9-13H2,1-4H3,(H,24,26). The summed E-state index contributed by atoms with van der Waals surface area (Å²) in [4.78, 5) is 32.8. The number of nitrogens with one attached hydrogen (secondary N) is 1. The highest BCUT2D eigenvalue weighted by Gasteiger charge is 2.30. The van der Waals surface area contributed by atoms with E-state index in [2.05, 4.69) is 24.1 Å². The predicted molar refractivity (Wildman–Crippen MR) is 116 cm³/mol. The van der Waals surface area contributed by atoms with Crippen LogP contribution in [0.15, 0.2) is 24.3 Å². The lowest BCUT2D eigenvalue weighted by Gasteiger charge is -2.31. The molecule has 0 spiro atoms. The van der Waals surface area contributed by atoms with Gasteiger partial charge in [0, 0.05) is 25.4 Å². The van der Waals surface area contributed by atoms with Gasteiger partial charge in [-0.2, -0.15) is 0 Å². The molecule has 1 aliphatic rings. The number of benzene rings is 1. The Hall–Kier alpha value is -2.41.